The van der Waals surface area contributed by atoms with E-state index in [4.69, 9.17) is 28.3 Å². The molecule has 0 saturated heterocycles. The third-order valence-electron chi connectivity index (χ3n) is 2.52. The maximum atomic E-state index is 11.8. The van der Waals surface area contributed by atoms with Crippen molar-refractivity contribution in [1.82, 2.24) is 10.3 Å². The summed E-state index contributed by atoms with van der Waals surface area (Å²) in [5, 5.41) is 11.5. The van der Waals surface area contributed by atoms with E-state index in [1.165, 1.54) is 12.1 Å². The zero-order valence-electron chi connectivity index (χ0n) is 10.3. The molecule has 1 unspecified atom stereocenters. The van der Waals surface area contributed by atoms with Gasteiger partial charge in [-0.15, -0.1) is 0 Å². The average Bonchev–Trinajstić information content (AvgIpc) is 2.33. The van der Waals surface area contributed by atoms with Gasteiger partial charge in [-0.2, -0.15) is 0 Å². The van der Waals surface area contributed by atoms with E-state index in [-0.39, 0.29) is 34.1 Å². The second kappa shape index (κ2) is 7.31. The third kappa shape index (κ3) is 5.44. The smallest absolute Gasteiger partial charge is 0.303 e. The van der Waals surface area contributed by atoms with Gasteiger partial charge in [0.25, 0.3) is 5.91 Å². The minimum Gasteiger partial charge on any atom is -0.481 e. The van der Waals surface area contributed by atoms with Crippen LogP contribution in [0.3, 0.4) is 0 Å². The van der Waals surface area contributed by atoms with Crippen LogP contribution in [0.4, 0.5) is 0 Å². The zero-order chi connectivity index (χ0) is 14.4. The molecule has 2 N–H and O–H groups in total. The zero-order valence-corrected chi connectivity index (χ0v) is 11.8. The summed E-state index contributed by atoms with van der Waals surface area (Å²) in [6.45, 7) is 2.25. The lowest BCUT2D eigenvalue weighted by atomic mass is 10.1. The number of carboxylic acids is 1. The second-order valence-corrected chi connectivity index (χ2v) is 4.97. The molecule has 104 valence electrons. The van der Waals surface area contributed by atoms with Crippen LogP contribution in [-0.2, 0) is 4.79 Å². The first-order valence-corrected chi connectivity index (χ1v) is 6.47. The van der Waals surface area contributed by atoms with Gasteiger partial charge in [0.2, 0.25) is 0 Å². The molecule has 0 radical (unpaired) electrons. The number of nitrogens with one attached hydrogen (secondary N) is 1. The van der Waals surface area contributed by atoms with Crippen molar-refractivity contribution >= 4 is 35.1 Å². The van der Waals surface area contributed by atoms with E-state index in [0.29, 0.717) is 13.0 Å². The Morgan fingerprint density at radius 3 is 2.68 bits per heavy atom. The molecule has 0 aliphatic heterocycles. The van der Waals surface area contributed by atoms with Crippen molar-refractivity contribution in [2.45, 2.75) is 19.8 Å². The normalized spacial score (nSPS) is 11.9. The predicted molar refractivity (Wildman–Crippen MR) is 72.6 cm³/mol. The molecule has 1 rings (SSSR count). The largest absolute Gasteiger partial charge is 0.481 e. The summed E-state index contributed by atoms with van der Waals surface area (Å²) < 4.78 is 0. The van der Waals surface area contributed by atoms with Gasteiger partial charge in [0.1, 0.15) is 10.3 Å². The Balaban J connectivity index is 2.49. The van der Waals surface area contributed by atoms with E-state index in [1.807, 2.05) is 6.92 Å². The number of carbonyl (C=O) groups excluding carboxylic acids is 1. The Morgan fingerprint density at radius 1 is 1.42 bits per heavy atom. The lowest BCUT2D eigenvalue weighted by Crippen LogP contribution is -2.28. The molecule has 1 amide bonds. The van der Waals surface area contributed by atoms with Gasteiger partial charge < -0.3 is 10.4 Å². The fourth-order valence-corrected chi connectivity index (χ4v) is 1.85. The molecule has 1 atom stereocenters. The molecular formula is C12H14Cl2N2O3. The number of carboxylic acid groups (broad SMARTS) is 1. The molecule has 1 heterocycles. The minimum absolute atomic E-state index is 0.0446. The first kappa shape index (κ1) is 15.7. The van der Waals surface area contributed by atoms with Crippen LogP contribution < -0.4 is 5.32 Å². The Kier molecular flexibility index (Phi) is 6.05. The van der Waals surface area contributed by atoms with Crippen LogP contribution in [0.25, 0.3) is 0 Å². The van der Waals surface area contributed by atoms with Gasteiger partial charge >= 0.3 is 5.97 Å². The highest BCUT2D eigenvalue weighted by Crippen LogP contribution is 2.16. The number of aliphatic carboxylic acids is 1. The van der Waals surface area contributed by atoms with E-state index < -0.39 is 5.97 Å². The monoisotopic (exact) mass is 304 g/mol. The molecule has 0 bridgehead atoms. The fraction of sp³-hybridized carbons (Fsp3) is 0.417. The summed E-state index contributed by atoms with van der Waals surface area (Å²) in [6, 6.07) is 2.98. The van der Waals surface area contributed by atoms with E-state index in [1.54, 1.807) is 0 Å². The Bertz CT molecular complexity index is 480. The van der Waals surface area contributed by atoms with E-state index >= 15 is 0 Å². The van der Waals surface area contributed by atoms with Gasteiger partial charge in [0.15, 0.2) is 0 Å². The van der Waals surface area contributed by atoms with Crippen LogP contribution in [0.2, 0.25) is 10.3 Å². The van der Waals surface area contributed by atoms with Crippen LogP contribution in [0.5, 0.6) is 0 Å². The maximum Gasteiger partial charge on any atom is 0.303 e. The molecule has 5 nitrogen and oxygen atoms in total. The first-order valence-electron chi connectivity index (χ1n) is 5.72. The summed E-state index contributed by atoms with van der Waals surface area (Å²) in [7, 11) is 0. The quantitative estimate of drug-likeness (QED) is 0.792. The standard InChI is InChI=1S/C12H14Cl2N2O3/c1-7(2-5-10(17)18)6-15-12(19)8-3-4-9(13)16-11(8)14/h3-4,7H,2,5-6H2,1H3,(H,15,19)(H,17,18). The molecule has 0 spiro atoms. The second-order valence-electron chi connectivity index (χ2n) is 4.22. The van der Waals surface area contributed by atoms with Crippen LogP contribution in [0.15, 0.2) is 12.1 Å². The summed E-state index contributed by atoms with van der Waals surface area (Å²) >= 11 is 11.4. The predicted octanol–water partition coefficient (Wildman–Crippen LogP) is 2.62. The number of hydrogen-bond acceptors (Lipinski definition) is 3. The van der Waals surface area contributed by atoms with Crippen LogP contribution in [-0.4, -0.2) is 28.5 Å². The molecule has 1 aromatic heterocycles. The van der Waals surface area contributed by atoms with Crippen molar-refractivity contribution in [1.29, 1.82) is 0 Å². The molecule has 19 heavy (non-hydrogen) atoms. The van der Waals surface area contributed by atoms with Gasteiger partial charge in [0, 0.05) is 13.0 Å². The molecule has 0 aliphatic carbocycles. The highest BCUT2D eigenvalue weighted by Gasteiger charge is 2.13. The van der Waals surface area contributed by atoms with Crippen molar-refractivity contribution in [2.75, 3.05) is 6.54 Å². The Labute approximate surface area is 120 Å². The van der Waals surface area contributed by atoms with Crippen molar-refractivity contribution in [3.05, 3.63) is 28.0 Å². The molecule has 0 aliphatic rings. The molecule has 7 heteroatoms. The number of carbonyl (C=O) groups is 2. The summed E-state index contributed by atoms with van der Waals surface area (Å²) in [5.41, 5.74) is 0.247. The molecule has 1 aromatic rings. The average molecular weight is 305 g/mol. The van der Waals surface area contributed by atoms with Crippen molar-refractivity contribution in [3.63, 3.8) is 0 Å². The molecule has 0 fully saturated rings. The maximum absolute atomic E-state index is 11.8. The molecule has 0 aromatic carbocycles. The molecule has 0 saturated carbocycles. The van der Waals surface area contributed by atoms with Gasteiger partial charge in [0.05, 0.1) is 5.56 Å². The highest BCUT2D eigenvalue weighted by atomic mass is 35.5. The lowest BCUT2D eigenvalue weighted by Gasteiger charge is -2.11. The first-order chi connectivity index (χ1) is 8.90. The number of halogens is 2. The van der Waals surface area contributed by atoms with Gasteiger partial charge in [-0.3, -0.25) is 9.59 Å². The number of hydrogen-bond donors (Lipinski definition) is 2. The van der Waals surface area contributed by atoms with Gasteiger partial charge in [-0.05, 0) is 24.5 Å². The van der Waals surface area contributed by atoms with Crippen molar-refractivity contribution in [2.24, 2.45) is 5.92 Å². The molecular weight excluding hydrogens is 291 g/mol. The van der Waals surface area contributed by atoms with Crippen LogP contribution in [0, 0.1) is 5.92 Å². The minimum atomic E-state index is -0.844. The number of aromatic nitrogens is 1. The number of amides is 1. The topological polar surface area (TPSA) is 79.3 Å². The van der Waals surface area contributed by atoms with Crippen LogP contribution in [0.1, 0.15) is 30.1 Å². The highest BCUT2D eigenvalue weighted by molar-refractivity contribution is 6.34. The number of pyridine rings is 1. The Hall–Kier alpha value is -1.33. The summed E-state index contributed by atoms with van der Waals surface area (Å²) in [6.07, 6.45) is 0.586. The lowest BCUT2D eigenvalue weighted by molar-refractivity contribution is -0.137. The van der Waals surface area contributed by atoms with E-state index in [2.05, 4.69) is 10.3 Å². The summed E-state index contributed by atoms with van der Waals surface area (Å²) in [4.78, 5) is 26.0. The van der Waals surface area contributed by atoms with Gasteiger partial charge in [-0.25, -0.2) is 4.98 Å². The van der Waals surface area contributed by atoms with Crippen molar-refractivity contribution in [3.8, 4) is 0 Å². The fourth-order valence-electron chi connectivity index (χ4n) is 1.42. The number of nitrogens with zero attached hydrogens (tertiary/aromatic N) is 1. The Morgan fingerprint density at radius 2 is 2.11 bits per heavy atom. The van der Waals surface area contributed by atoms with E-state index in [0.717, 1.165) is 0 Å². The SMILES string of the molecule is CC(CCC(=O)O)CNC(=O)c1ccc(Cl)nc1Cl. The van der Waals surface area contributed by atoms with E-state index in [9.17, 15) is 9.59 Å². The third-order valence-corrected chi connectivity index (χ3v) is 3.02. The van der Waals surface area contributed by atoms with Gasteiger partial charge in [-0.1, -0.05) is 30.1 Å². The number of rotatable bonds is 6. The summed E-state index contributed by atoms with van der Waals surface area (Å²) in [5.74, 6) is -1.13. The van der Waals surface area contributed by atoms with Crippen molar-refractivity contribution < 1.29 is 14.7 Å². The van der Waals surface area contributed by atoms with Crippen LogP contribution >= 0.6 is 23.2 Å².